The smallest absolute Gasteiger partial charge is 0.239 e. The molecule has 2 rings (SSSR count). The lowest BCUT2D eigenvalue weighted by Gasteiger charge is -2.23. The zero-order valence-corrected chi connectivity index (χ0v) is 14.0. The van der Waals surface area contributed by atoms with Gasteiger partial charge in [-0.25, -0.2) is 4.99 Å². The van der Waals surface area contributed by atoms with Crippen LogP contribution in [0.4, 0.5) is 0 Å². The first-order valence-electron chi connectivity index (χ1n) is 8.63. The van der Waals surface area contributed by atoms with Crippen LogP contribution in [0.25, 0.3) is 0 Å². The molecule has 1 saturated carbocycles. The molecule has 1 aliphatic carbocycles. The molecular weight excluding hydrogens is 288 g/mol. The van der Waals surface area contributed by atoms with Gasteiger partial charge in [0.15, 0.2) is 5.96 Å². The number of rotatable bonds is 6. The third kappa shape index (κ3) is 6.72. The zero-order chi connectivity index (χ0) is 16.3. The number of guanidine groups is 1. The maximum Gasteiger partial charge on any atom is 0.239 e. The van der Waals surface area contributed by atoms with E-state index in [-0.39, 0.29) is 12.5 Å². The molecular formula is C18H28N4O. The first-order chi connectivity index (χ1) is 11.3. The van der Waals surface area contributed by atoms with Crippen LogP contribution in [0.1, 0.15) is 44.6 Å². The number of amides is 1. The number of hydrogen-bond donors (Lipinski definition) is 3. The first-order valence-corrected chi connectivity index (χ1v) is 8.63. The molecule has 1 aromatic carbocycles. The van der Waals surface area contributed by atoms with E-state index in [4.69, 9.17) is 0 Å². The molecule has 1 fully saturated rings. The third-order valence-electron chi connectivity index (χ3n) is 3.99. The van der Waals surface area contributed by atoms with Gasteiger partial charge in [-0.3, -0.25) is 4.79 Å². The van der Waals surface area contributed by atoms with Gasteiger partial charge < -0.3 is 16.0 Å². The van der Waals surface area contributed by atoms with Gasteiger partial charge in [-0.2, -0.15) is 0 Å². The van der Waals surface area contributed by atoms with Crippen LogP contribution < -0.4 is 16.0 Å². The molecule has 0 radical (unpaired) electrons. The second kappa shape index (κ2) is 9.87. The summed E-state index contributed by atoms with van der Waals surface area (Å²) >= 11 is 0. The summed E-state index contributed by atoms with van der Waals surface area (Å²) in [4.78, 5) is 16.6. The molecule has 0 unspecified atom stereocenters. The largest absolute Gasteiger partial charge is 0.357 e. The van der Waals surface area contributed by atoms with Gasteiger partial charge >= 0.3 is 0 Å². The number of hydrogen-bond acceptors (Lipinski definition) is 2. The summed E-state index contributed by atoms with van der Waals surface area (Å²) in [5, 5.41) is 9.38. The van der Waals surface area contributed by atoms with Crippen LogP contribution in [-0.2, 0) is 11.3 Å². The Morgan fingerprint density at radius 2 is 1.87 bits per heavy atom. The Morgan fingerprint density at radius 1 is 1.13 bits per heavy atom. The maximum atomic E-state index is 12.0. The second-order valence-electron chi connectivity index (χ2n) is 5.94. The summed E-state index contributed by atoms with van der Waals surface area (Å²) in [6, 6.07) is 10.4. The number of nitrogens with zero attached hydrogens (tertiary/aromatic N) is 1. The Morgan fingerprint density at radius 3 is 2.57 bits per heavy atom. The summed E-state index contributed by atoms with van der Waals surface area (Å²) in [5.74, 6) is 0.720. The molecule has 0 spiro atoms. The van der Waals surface area contributed by atoms with Crippen LogP contribution in [0.2, 0.25) is 0 Å². The van der Waals surface area contributed by atoms with Gasteiger partial charge in [0.1, 0.15) is 0 Å². The van der Waals surface area contributed by atoms with Crippen LogP contribution in [0, 0.1) is 0 Å². The molecule has 0 aromatic heterocycles. The van der Waals surface area contributed by atoms with Gasteiger partial charge in [-0.05, 0) is 25.3 Å². The predicted octanol–water partition coefficient (Wildman–Crippen LogP) is 2.19. The van der Waals surface area contributed by atoms with Crippen molar-refractivity contribution >= 4 is 11.9 Å². The average molecular weight is 316 g/mol. The van der Waals surface area contributed by atoms with Gasteiger partial charge in [-0.15, -0.1) is 0 Å². The van der Waals surface area contributed by atoms with Crippen molar-refractivity contribution in [2.45, 2.75) is 51.6 Å². The van der Waals surface area contributed by atoms with Crippen molar-refractivity contribution in [2.75, 3.05) is 13.1 Å². The molecule has 5 heteroatoms. The fourth-order valence-corrected chi connectivity index (χ4v) is 2.79. The van der Waals surface area contributed by atoms with Gasteiger partial charge in [-0.1, -0.05) is 49.6 Å². The minimum Gasteiger partial charge on any atom is -0.357 e. The second-order valence-corrected chi connectivity index (χ2v) is 5.94. The summed E-state index contributed by atoms with van der Waals surface area (Å²) < 4.78 is 0. The highest BCUT2D eigenvalue weighted by Crippen LogP contribution is 2.17. The molecule has 3 N–H and O–H groups in total. The number of aliphatic imine (C=N–C) groups is 1. The molecule has 1 amide bonds. The SMILES string of the molecule is CCNC(=NCc1ccccc1)NCC(=O)NC1CCCCC1. The molecule has 1 aliphatic rings. The fourth-order valence-electron chi connectivity index (χ4n) is 2.79. The van der Waals surface area contributed by atoms with Gasteiger partial charge in [0.05, 0.1) is 13.1 Å². The molecule has 23 heavy (non-hydrogen) atoms. The Balaban J connectivity index is 1.77. The Labute approximate surface area is 139 Å². The van der Waals surface area contributed by atoms with Crippen LogP contribution in [-0.4, -0.2) is 31.0 Å². The van der Waals surface area contributed by atoms with E-state index in [1.807, 2.05) is 37.3 Å². The van der Waals surface area contributed by atoms with Crippen molar-refractivity contribution in [3.8, 4) is 0 Å². The monoisotopic (exact) mass is 316 g/mol. The number of carbonyl (C=O) groups is 1. The van der Waals surface area contributed by atoms with E-state index < -0.39 is 0 Å². The first kappa shape index (κ1) is 17.3. The summed E-state index contributed by atoms with van der Waals surface area (Å²) in [5.41, 5.74) is 1.15. The van der Waals surface area contributed by atoms with E-state index in [1.54, 1.807) is 0 Å². The van der Waals surface area contributed by atoms with E-state index in [1.165, 1.54) is 19.3 Å². The molecule has 0 heterocycles. The summed E-state index contributed by atoms with van der Waals surface area (Å²) in [6.45, 7) is 3.64. The molecule has 0 bridgehead atoms. The number of carbonyl (C=O) groups excluding carboxylic acids is 1. The number of nitrogens with one attached hydrogen (secondary N) is 3. The molecule has 0 aliphatic heterocycles. The van der Waals surface area contributed by atoms with Crippen molar-refractivity contribution < 1.29 is 4.79 Å². The van der Waals surface area contributed by atoms with Crippen LogP contribution >= 0.6 is 0 Å². The molecule has 0 atom stereocenters. The topological polar surface area (TPSA) is 65.5 Å². The quantitative estimate of drug-likeness (QED) is 0.557. The molecule has 5 nitrogen and oxygen atoms in total. The van der Waals surface area contributed by atoms with Crippen molar-refractivity contribution in [3.63, 3.8) is 0 Å². The van der Waals surface area contributed by atoms with Crippen LogP contribution in [0.15, 0.2) is 35.3 Å². The van der Waals surface area contributed by atoms with Gasteiger partial charge in [0.25, 0.3) is 0 Å². The highest BCUT2D eigenvalue weighted by molar-refractivity contribution is 5.86. The number of benzene rings is 1. The van der Waals surface area contributed by atoms with Crippen molar-refractivity contribution in [2.24, 2.45) is 4.99 Å². The normalized spacial score (nSPS) is 16.0. The van der Waals surface area contributed by atoms with E-state index in [2.05, 4.69) is 20.9 Å². The predicted molar refractivity (Wildman–Crippen MR) is 94.3 cm³/mol. The molecule has 1 aromatic rings. The highest BCUT2D eigenvalue weighted by atomic mass is 16.2. The van der Waals surface area contributed by atoms with Crippen molar-refractivity contribution in [1.82, 2.24) is 16.0 Å². The van der Waals surface area contributed by atoms with E-state index >= 15 is 0 Å². The maximum absolute atomic E-state index is 12.0. The van der Waals surface area contributed by atoms with Crippen molar-refractivity contribution in [3.05, 3.63) is 35.9 Å². The highest BCUT2D eigenvalue weighted by Gasteiger charge is 2.15. The van der Waals surface area contributed by atoms with Crippen molar-refractivity contribution in [1.29, 1.82) is 0 Å². The van der Waals surface area contributed by atoms with E-state index in [0.717, 1.165) is 24.9 Å². The molecule has 0 saturated heterocycles. The lowest BCUT2D eigenvalue weighted by atomic mass is 9.95. The zero-order valence-electron chi connectivity index (χ0n) is 14.0. The Kier molecular flexibility index (Phi) is 7.43. The van der Waals surface area contributed by atoms with Gasteiger partial charge in [0, 0.05) is 12.6 Å². The average Bonchev–Trinajstić information content (AvgIpc) is 2.59. The van der Waals surface area contributed by atoms with Crippen LogP contribution in [0.5, 0.6) is 0 Å². The Bertz CT molecular complexity index is 495. The minimum absolute atomic E-state index is 0.0437. The lowest BCUT2D eigenvalue weighted by molar-refractivity contribution is -0.120. The lowest BCUT2D eigenvalue weighted by Crippen LogP contribution is -2.46. The van der Waals surface area contributed by atoms with E-state index in [9.17, 15) is 4.79 Å². The molecule has 126 valence electrons. The van der Waals surface area contributed by atoms with Crippen LogP contribution in [0.3, 0.4) is 0 Å². The fraction of sp³-hybridized carbons (Fsp3) is 0.556. The Hall–Kier alpha value is -2.04. The summed E-state index contributed by atoms with van der Waals surface area (Å²) in [6.07, 6.45) is 5.95. The minimum atomic E-state index is 0.0437. The standard InChI is InChI=1S/C18H28N4O/c1-2-19-18(20-13-15-9-5-3-6-10-15)21-14-17(23)22-16-11-7-4-8-12-16/h3,5-6,9-10,16H,2,4,7-8,11-14H2,1H3,(H,22,23)(H2,19,20,21). The summed E-state index contributed by atoms with van der Waals surface area (Å²) in [7, 11) is 0. The van der Waals surface area contributed by atoms with E-state index in [0.29, 0.717) is 18.5 Å². The van der Waals surface area contributed by atoms with Gasteiger partial charge in [0.2, 0.25) is 5.91 Å². The third-order valence-corrected chi connectivity index (χ3v) is 3.99.